The van der Waals surface area contributed by atoms with E-state index in [2.05, 4.69) is 76.2 Å². The average molecular weight is 797 g/mol. The molecule has 0 saturated carbocycles. The molecular weight excluding hydrogens is 718 g/mol. The van der Waals surface area contributed by atoms with E-state index in [1.807, 2.05) is 0 Å². The molecule has 54 heavy (non-hydrogen) atoms. The second-order valence-electron chi connectivity index (χ2n) is 14.4. The molecule has 2 N–H and O–H groups in total. The highest BCUT2D eigenvalue weighted by molar-refractivity contribution is 7.47. The van der Waals surface area contributed by atoms with Crippen LogP contribution in [0.15, 0.2) is 48.5 Å². The SMILES string of the molecule is CCCCCCCCOP(=O)(O)OCCCCCCCC.CCCCCCCCOP(=O)(O)OCCCCCCCC.c1ccc2c(c1)-c1ccccc1-2. The van der Waals surface area contributed by atoms with E-state index in [9.17, 15) is 18.9 Å². The molecule has 10 heteroatoms. The number of rotatable bonds is 32. The minimum Gasteiger partial charge on any atom is -0.302 e. The zero-order chi connectivity index (χ0) is 39.6. The molecule has 0 unspecified atom stereocenters. The first kappa shape index (κ1) is 50.7. The van der Waals surface area contributed by atoms with Gasteiger partial charge in [0.2, 0.25) is 0 Å². The van der Waals surface area contributed by atoms with Gasteiger partial charge in [-0.25, -0.2) is 9.13 Å². The van der Waals surface area contributed by atoms with Gasteiger partial charge in [0.15, 0.2) is 0 Å². The normalized spacial score (nSPS) is 11.8. The lowest BCUT2D eigenvalue weighted by Gasteiger charge is -2.22. The van der Waals surface area contributed by atoms with Gasteiger partial charge in [0.05, 0.1) is 26.4 Å². The Morgan fingerprint density at radius 2 is 0.537 bits per heavy atom. The van der Waals surface area contributed by atoms with Gasteiger partial charge >= 0.3 is 15.6 Å². The van der Waals surface area contributed by atoms with Crippen LogP contribution in [0, 0.1) is 0 Å². The second kappa shape index (κ2) is 33.8. The molecule has 0 bridgehead atoms. The van der Waals surface area contributed by atoms with E-state index in [0.29, 0.717) is 26.4 Å². The zero-order valence-electron chi connectivity index (χ0n) is 34.7. The summed E-state index contributed by atoms with van der Waals surface area (Å²) < 4.78 is 43.1. The highest BCUT2D eigenvalue weighted by atomic mass is 31.2. The van der Waals surface area contributed by atoms with Crippen molar-refractivity contribution in [1.29, 1.82) is 0 Å². The lowest BCUT2D eigenvalue weighted by molar-refractivity contribution is 0.144. The summed E-state index contributed by atoms with van der Waals surface area (Å²) in [6.45, 7) is 10.0. The average Bonchev–Trinajstić information content (AvgIpc) is 3.16. The molecular formula is C44H78O8P2. The second-order valence-corrected chi connectivity index (χ2v) is 17.3. The molecule has 2 aromatic rings. The molecule has 1 aliphatic carbocycles. The minimum absolute atomic E-state index is 0.316. The Morgan fingerprint density at radius 3 is 0.741 bits per heavy atom. The number of unbranched alkanes of at least 4 members (excludes halogenated alkanes) is 20. The van der Waals surface area contributed by atoms with Crippen molar-refractivity contribution < 1.29 is 37.0 Å². The first-order chi connectivity index (χ1) is 26.2. The quantitative estimate of drug-likeness (QED) is 0.0474. The summed E-state index contributed by atoms with van der Waals surface area (Å²) in [5.74, 6) is 0. The van der Waals surface area contributed by atoms with Gasteiger partial charge in [-0.15, -0.1) is 0 Å². The highest BCUT2D eigenvalue weighted by Crippen LogP contribution is 2.46. The summed E-state index contributed by atoms with van der Waals surface area (Å²) in [4.78, 5) is 19.0. The van der Waals surface area contributed by atoms with Crippen LogP contribution in [0.2, 0.25) is 0 Å². The standard InChI is InChI=1S/2C16H35O4P.C12H8/c2*1-3-5-7-9-11-13-15-19-21(17,18)20-16-14-12-10-8-6-4-2;1-2-6-10-9(5-1)11-7-3-4-8-12(10)11/h2*3-16H2,1-2H3,(H,17,18);1-8H. The minimum atomic E-state index is -3.82. The number of phosphoric acid groups is 2. The number of phosphoric ester groups is 2. The van der Waals surface area contributed by atoms with Gasteiger partial charge in [-0.2, -0.15) is 0 Å². The van der Waals surface area contributed by atoms with Crippen LogP contribution in [0.1, 0.15) is 182 Å². The molecule has 0 saturated heterocycles. The molecule has 0 aromatic heterocycles. The van der Waals surface area contributed by atoms with E-state index < -0.39 is 15.6 Å². The van der Waals surface area contributed by atoms with Gasteiger partial charge in [0, 0.05) is 0 Å². The fraction of sp³-hybridized carbons (Fsp3) is 0.727. The third kappa shape index (κ3) is 26.5. The predicted octanol–water partition coefficient (Wildman–Crippen LogP) is 15.0. The molecule has 0 amide bonds. The van der Waals surface area contributed by atoms with E-state index in [4.69, 9.17) is 18.1 Å². The van der Waals surface area contributed by atoms with Crippen molar-refractivity contribution in [2.45, 2.75) is 182 Å². The first-order valence-electron chi connectivity index (χ1n) is 21.6. The number of hydrogen-bond donors (Lipinski definition) is 2. The number of benzene rings is 2. The van der Waals surface area contributed by atoms with Gasteiger partial charge in [-0.1, -0.05) is 205 Å². The van der Waals surface area contributed by atoms with Crippen molar-refractivity contribution >= 4 is 15.6 Å². The maximum atomic E-state index is 11.6. The molecule has 0 radical (unpaired) electrons. The van der Waals surface area contributed by atoms with Crippen molar-refractivity contribution in [2.75, 3.05) is 26.4 Å². The fourth-order valence-corrected chi connectivity index (χ4v) is 7.76. The van der Waals surface area contributed by atoms with Gasteiger partial charge < -0.3 is 9.79 Å². The van der Waals surface area contributed by atoms with Crippen LogP contribution in [-0.2, 0) is 27.2 Å². The number of hydrogen-bond acceptors (Lipinski definition) is 6. The topological polar surface area (TPSA) is 112 Å². The van der Waals surface area contributed by atoms with Gasteiger partial charge in [-0.05, 0) is 47.9 Å². The summed E-state index contributed by atoms with van der Waals surface area (Å²) in [6, 6.07) is 17.1. The van der Waals surface area contributed by atoms with Crippen molar-refractivity contribution in [3.05, 3.63) is 48.5 Å². The molecule has 8 nitrogen and oxygen atoms in total. The van der Waals surface area contributed by atoms with Gasteiger partial charge in [0.1, 0.15) is 0 Å². The third-order valence-electron chi connectivity index (χ3n) is 9.44. The summed E-state index contributed by atoms with van der Waals surface area (Å²) in [7, 11) is -7.63. The van der Waals surface area contributed by atoms with Crippen molar-refractivity contribution in [3.63, 3.8) is 0 Å². The lowest BCUT2D eigenvalue weighted by atomic mass is 9.81. The van der Waals surface area contributed by atoms with Crippen molar-refractivity contribution in [3.8, 4) is 22.3 Å². The Hall–Kier alpha value is -1.34. The molecule has 3 rings (SSSR count). The Labute approximate surface area is 330 Å². The first-order valence-corrected chi connectivity index (χ1v) is 24.6. The van der Waals surface area contributed by atoms with E-state index >= 15 is 0 Å². The fourth-order valence-electron chi connectivity index (χ4n) is 6.17. The molecule has 1 aliphatic rings. The third-order valence-corrected chi connectivity index (χ3v) is 11.5. The largest absolute Gasteiger partial charge is 0.472 e. The molecule has 0 heterocycles. The van der Waals surface area contributed by atoms with Crippen LogP contribution in [0.4, 0.5) is 0 Å². The molecule has 0 atom stereocenters. The molecule has 0 aliphatic heterocycles. The summed E-state index contributed by atoms with van der Waals surface area (Å²) in [5, 5.41) is 0. The van der Waals surface area contributed by atoms with E-state index in [1.54, 1.807) is 0 Å². The van der Waals surface area contributed by atoms with Crippen LogP contribution in [-0.4, -0.2) is 36.2 Å². The van der Waals surface area contributed by atoms with Gasteiger partial charge in [-0.3, -0.25) is 18.1 Å². The molecule has 312 valence electrons. The smallest absolute Gasteiger partial charge is 0.302 e. The molecule has 0 fully saturated rings. The van der Waals surface area contributed by atoms with E-state index in [0.717, 1.165) is 51.4 Å². The maximum Gasteiger partial charge on any atom is 0.472 e. The Kier molecular flexibility index (Phi) is 31.7. The summed E-state index contributed by atoms with van der Waals surface area (Å²) >= 11 is 0. The van der Waals surface area contributed by atoms with Crippen LogP contribution >= 0.6 is 15.6 Å². The highest BCUT2D eigenvalue weighted by Gasteiger charge is 2.21. The van der Waals surface area contributed by atoms with Crippen molar-refractivity contribution in [1.82, 2.24) is 0 Å². The Bertz CT molecular complexity index is 1060. The van der Waals surface area contributed by atoms with Crippen LogP contribution in [0.3, 0.4) is 0 Å². The van der Waals surface area contributed by atoms with E-state index in [1.165, 1.54) is 125 Å². The summed E-state index contributed by atoms with van der Waals surface area (Å²) in [6.07, 6.45) is 27.1. The number of fused-ring (bicyclic) bond motifs is 4. The summed E-state index contributed by atoms with van der Waals surface area (Å²) in [5.41, 5.74) is 5.59. The molecule has 2 aromatic carbocycles. The van der Waals surface area contributed by atoms with Crippen LogP contribution in [0.25, 0.3) is 22.3 Å². The molecule has 0 spiro atoms. The predicted molar refractivity (Wildman–Crippen MR) is 228 cm³/mol. The Morgan fingerprint density at radius 1 is 0.352 bits per heavy atom. The van der Waals surface area contributed by atoms with Gasteiger partial charge in [0.25, 0.3) is 0 Å². The lowest BCUT2D eigenvalue weighted by Crippen LogP contribution is -1.99. The zero-order valence-corrected chi connectivity index (χ0v) is 36.4. The van der Waals surface area contributed by atoms with Crippen LogP contribution < -0.4 is 0 Å². The monoisotopic (exact) mass is 797 g/mol. The van der Waals surface area contributed by atoms with E-state index in [-0.39, 0.29) is 0 Å². The van der Waals surface area contributed by atoms with Crippen LogP contribution in [0.5, 0.6) is 0 Å². The maximum absolute atomic E-state index is 11.6. The van der Waals surface area contributed by atoms with Crippen molar-refractivity contribution in [2.24, 2.45) is 0 Å². The Balaban J connectivity index is 0.000000417.